The van der Waals surface area contributed by atoms with Crippen molar-refractivity contribution in [2.75, 3.05) is 6.61 Å². The average molecular weight is 631 g/mol. The highest BCUT2D eigenvalue weighted by molar-refractivity contribution is 8.46. The summed E-state index contributed by atoms with van der Waals surface area (Å²) in [7, 11) is -19.8. The van der Waals surface area contributed by atoms with Crippen LogP contribution in [0.4, 0.5) is 19.4 Å². The first kappa shape index (κ1) is 31.0. The molecule has 0 aliphatic heterocycles. The molecule has 3 aromatic rings. The van der Waals surface area contributed by atoms with Gasteiger partial charge in [-0.2, -0.15) is 8.42 Å². The van der Waals surface area contributed by atoms with Gasteiger partial charge in [-0.05, 0) is 53.6 Å². The third kappa shape index (κ3) is 7.14. The van der Waals surface area contributed by atoms with E-state index in [0.29, 0.717) is 0 Å². The Kier molecular flexibility index (Phi) is 8.28. The number of carbonyl (C=O) groups is 1. The van der Waals surface area contributed by atoms with Crippen molar-refractivity contribution in [1.82, 2.24) is 0 Å². The molecule has 14 heteroatoms. The molecule has 0 amide bonds. The van der Waals surface area contributed by atoms with E-state index in [0.717, 1.165) is 6.92 Å². The van der Waals surface area contributed by atoms with Gasteiger partial charge < -0.3 is 4.74 Å². The SMILES string of the molecule is C=C(C)C(=O)OCC(C(Cl)S(=O)(=O)OS(c1ccccc1)(c1ccccc1)c1ccccc1)S(F)(F)(F)(F)F. The van der Waals surface area contributed by atoms with Gasteiger partial charge in [-0.1, -0.05) is 80.6 Å². The minimum Gasteiger partial charge on any atom is -0.461 e. The zero-order valence-electron chi connectivity index (χ0n) is 20.3. The Hall–Kier alpha value is -2.58. The zero-order chi connectivity index (χ0) is 29.2. The molecule has 39 heavy (non-hydrogen) atoms. The summed E-state index contributed by atoms with van der Waals surface area (Å²) >= 11 is 5.75. The average Bonchev–Trinajstić information content (AvgIpc) is 2.87. The summed E-state index contributed by atoms with van der Waals surface area (Å²) in [5.41, 5.74) is -0.387. The van der Waals surface area contributed by atoms with Gasteiger partial charge in [-0.25, -0.2) is 8.42 Å². The lowest BCUT2D eigenvalue weighted by Crippen LogP contribution is -2.43. The second kappa shape index (κ2) is 10.4. The number of alkyl halides is 1. The topological polar surface area (TPSA) is 69.7 Å². The number of benzene rings is 3. The van der Waals surface area contributed by atoms with Gasteiger partial charge in [0.05, 0.1) is 0 Å². The van der Waals surface area contributed by atoms with E-state index in [4.69, 9.17) is 15.2 Å². The van der Waals surface area contributed by atoms with Gasteiger partial charge in [-0.3, -0.25) is 0 Å². The van der Waals surface area contributed by atoms with Crippen molar-refractivity contribution < 1.29 is 41.0 Å². The van der Waals surface area contributed by atoms with Gasteiger partial charge in [0.2, 0.25) is 0 Å². The van der Waals surface area contributed by atoms with Gasteiger partial charge in [0, 0.05) is 20.3 Å². The number of carbonyl (C=O) groups excluding carboxylic acids is 1. The Balaban J connectivity index is 2.23. The van der Waals surface area contributed by atoms with Crippen LogP contribution in [0, 0.1) is 0 Å². The van der Waals surface area contributed by atoms with Crippen LogP contribution in [-0.4, -0.2) is 31.0 Å². The Labute approximate surface area is 230 Å². The van der Waals surface area contributed by atoms with Crippen LogP contribution in [0.15, 0.2) is 118 Å². The quantitative estimate of drug-likeness (QED) is 0.0919. The maximum atomic E-state index is 14.1. The number of esters is 1. The Morgan fingerprint density at radius 2 is 1.18 bits per heavy atom. The molecule has 3 rings (SSSR count). The van der Waals surface area contributed by atoms with E-state index in [1.54, 1.807) is 54.6 Å². The molecule has 214 valence electrons. The van der Waals surface area contributed by atoms with Crippen LogP contribution in [0.5, 0.6) is 0 Å². The molecule has 3 aromatic carbocycles. The minimum absolute atomic E-state index is 0.243. The highest BCUT2D eigenvalue weighted by Gasteiger charge is 2.74. The molecular weight excluding hydrogens is 607 g/mol. The van der Waals surface area contributed by atoms with Crippen LogP contribution in [-0.2, 0) is 23.3 Å². The standard InChI is InChI=1S/C25H24ClF5O5S3/c1-19(2)25(32)35-18-23(39(27,28,29,30)31)24(26)38(33,34)36-37(20-12-6-3-7-13-20,21-14-8-4-9-15-21)22-16-10-5-11-17-22/h3-17,23-24H,1,18H2,2H3. The third-order valence-corrected chi connectivity index (χ3v) is 13.4. The summed E-state index contributed by atoms with van der Waals surface area (Å²) in [6.45, 7) is 2.18. The Morgan fingerprint density at radius 3 is 1.49 bits per heavy atom. The summed E-state index contributed by atoms with van der Waals surface area (Å²) in [5.74, 6) is -1.43. The molecule has 0 saturated heterocycles. The van der Waals surface area contributed by atoms with Gasteiger partial charge in [0.25, 0.3) is 20.3 Å². The first-order valence-corrected chi connectivity index (χ1v) is 16.5. The molecule has 0 aliphatic rings. The smallest absolute Gasteiger partial charge is 0.333 e. The lowest BCUT2D eigenvalue weighted by Gasteiger charge is -2.48. The summed E-state index contributed by atoms with van der Waals surface area (Å²) in [4.78, 5) is 12.4. The van der Waals surface area contributed by atoms with Crippen molar-refractivity contribution in [2.45, 2.75) is 31.6 Å². The largest absolute Gasteiger partial charge is 0.461 e. The number of hydrogen-bond donors (Lipinski definition) is 0. The van der Waals surface area contributed by atoms with E-state index in [1.807, 2.05) is 0 Å². The molecule has 0 aromatic heterocycles. The van der Waals surface area contributed by atoms with Crippen molar-refractivity contribution in [1.29, 1.82) is 0 Å². The lowest BCUT2D eigenvalue weighted by molar-refractivity contribution is -0.138. The highest BCUT2D eigenvalue weighted by Crippen LogP contribution is 3.01. The lowest BCUT2D eigenvalue weighted by atomic mass is 10.4. The number of rotatable bonds is 11. The fraction of sp³-hybridized carbons (Fsp3) is 0.160. The third-order valence-electron chi connectivity index (χ3n) is 5.29. The van der Waals surface area contributed by atoms with Crippen LogP contribution >= 0.6 is 32.1 Å². The van der Waals surface area contributed by atoms with Crippen molar-refractivity contribution >= 4 is 48.2 Å². The van der Waals surface area contributed by atoms with E-state index < -0.39 is 53.2 Å². The van der Waals surface area contributed by atoms with Crippen molar-refractivity contribution in [2.24, 2.45) is 0 Å². The molecule has 2 atom stereocenters. The summed E-state index contributed by atoms with van der Waals surface area (Å²) in [6.07, 6.45) is 0. The molecule has 0 heterocycles. The fourth-order valence-corrected chi connectivity index (χ4v) is 11.4. The summed E-state index contributed by atoms with van der Waals surface area (Å²) in [6, 6.07) is 23.3. The zero-order valence-corrected chi connectivity index (χ0v) is 23.5. The van der Waals surface area contributed by atoms with Gasteiger partial charge in [0.1, 0.15) is 6.61 Å². The van der Waals surface area contributed by atoms with E-state index in [1.165, 1.54) is 36.4 Å². The van der Waals surface area contributed by atoms with E-state index in [9.17, 15) is 32.6 Å². The second-order valence-corrected chi connectivity index (χ2v) is 16.3. The fourth-order valence-electron chi connectivity index (χ4n) is 3.42. The molecule has 0 fully saturated rings. The van der Waals surface area contributed by atoms with E-state index in [2.05, 4.69) is 11.3 Å². The van der Waals surface area contributed by atoms with Crippen molar-refractivity contribution in [3.05, 3.63) is 103 Å². The first-order chi connectivity index (χ1) is 17.9. The van der Waals surface area contributed by atoms with Crippen LogP contribution in [0.3, 0.4) is 0 Å². The van der Waals surface area contributed by atoms with E-state index in [-0.39, 0.29) is 20.3 Å². The number of ether oxygens (including phenoxy) is 1. The molecule has 2 unspecified atom stereocenters. The normalized spacial score (nSPS) is 16.3. The van der Waals surface area contributed by atoms with Gasteiger partial charge in [-0.15, -0.1) is 11.6 Å². The number of halogens is 6. The van der Waals surface area contributed by atoms with Crippen molar-refractivity contribution in [3.63, 3.8) is 0 Å². The molecular formula is C25H24ClF5O5S3. The molecule has 0 saturated carbocycles. The summed E-state index contributed by atoms with van der Waals surface area (Å²) < 4.78 is 104. The highest BCUT2D eigenvalue weighted by atomic mass is 35.5. The molecule has 0 bridgehead atoms. The van der Waals surface area contributed by atoms with Crippen LogP contribution < -0.4 is 0 Å². The maximum Gasteiger partial charge on any atom is 0.333 e. The predicted octanol–water partition coefficient (Wildman–Crippen LogP) is 8.58. The summed E-state index contributed by atoms with van der Waals surface area (Å²) in [5, 5.41) is -4.08. The Morgan fingerprint density at radius 1 is 0.821 bits per heavy atom. The predicted molar refractivity (Wildman–Crippen MR) is 144 cm³/mol. The van der Waals surface area contributed by atoms with Gasteiger partial charge >= 0.3 is 5.97 Å². The molecule has 0 radical (unpaired) electrons. The molecule has 0 N–H and O–H groups in total. The van der Waals surface area contributed by atoms with Crippen molar-refractivity contribution in [3.8, 4) is 0 Å². The number of hydrogen-bond acceptors (Lipinski definition) is 5. The monoisotopic (exact) mass is 630 g/mol. The molecule has 0 spiro atoms. The van der Waals surface area contributed by atoms with Crippen LogP contribution in [0.25, 0.3) is 0 Å². The minimum atomic E-state index is -10.7. The molecule has 5 nitrogen and oxygen atoms in total. The first-order valence-electron chi connectivity index (χ1n) is 11.0. The molecule has 0 aliphatic carbocycles. The second-order valence-electron chi connectivity index (χ2n) is 8.35. The van der Waals surface area contributed by atoms with Gasteiger partial charge in [0.15, 0.2) is 9.96 Å². The maximum absolute atomic E-state index is 14.1. The van der Waals surface area contributed by atoms with Crippen LogP contribution in [0.2, 0.25) is 0 Å². The van der Waals surface area contributed by atoms with E-state index >= 15 is 0 Å². The van der Waals surface area contributed by atoms with Crippen LogP contribution in [0.1, 0.15) is 6.92 Å². The Bertz CT molecular complexity index is 1340.